The molecule has 1 rings (SSSR count). The van der Waals surface area contributed by atoms with Gasteiger partial charge in [0, 0.05) is 6.20 Å². The maximum absolute atomic E-state index is 11.2. The van der Waals surface area contributed by atoms with Gasteiger partial charge in [-0.2, -0.15) is 0 Å². The van der Waals surface area contributed by atoms with Crippen molar-refractivity contribution in [1.29, 1.82) is 0 Å². The first kappa shape index (κ1) is 8.74. The third-order valence-corrected chi connectivity index (χ3v) is 3.63. The van der Waals surface area contributed by atoms with Crippen LogP contribution in [-0.2, 0) is 9.84 Å². The summed E-state index contributed by atoms with van der Waals surface area (Å²) < 4.78 is 22.0. The zero-order valence-corrected chi connectivity index (χ0v) is 7.61. The van der Waals surface area contributed by atoms with Crippen LogP contribution in [0.1, 0.15) is 19.8 Å². The van der Waals surface area contributed by atoms with Crippen LogP contribution >= 0.6 is 11.6 Å². The first-order chi connectivity index (χ1) is 5.09. The molecule has 3 nitrogen and oxygen atoms in total. The van der Waals surface area contributed by atoms with Crippen molar-refractivity contribution in [2.75, 3.05) is 0 Å². The van der Waals surface area contributed by atoms with E-state index < -0.39 is 9.84 Å². The summed E-state index contributed by atoms with van der Waals surface area (Å²) in [5.74, 6) is 0. The number of rotatable bonds is 2. The van der Waals surface area contributed by atoms with Crippen molar-refractivity contribution in [2.45, 2.75) is 19.8 Å². The lowest BCUT2D eigenvalue weighted by Gasteiger charge is -1.97. The van der Waals surface area contributed by atoms with Crippen LogP contribution in [0.2, 0.25) is 0 Å². The second kappa shape index (κ2) is 2.95. The lowest BCUT2D eigenvalue weighted by atomic mass is 10.3. The number of halogens is 1. The van der Waals surface area contributed by atoms with Crippen molar-refractivity contribution in [2.24, 2.45) is 4.99 Å². The number of aliphatic imine (C=N–C) groups is 1. The Labute approximate surface area is 70.7 Å². The Hall–Kier alpha value is -0.350. The van der Waals surface area contributed by atoms with E-state index in [-0.39, 0.29) is 4.50 Å². The van der Waals surface area contributed by atoms with Crippen molar-refractivity contribution in [3.05, 3.63) is 11.1 Å². The third-order valence-electron chi connectivity index (χ3n) is 1.37. The largest absolute Gasteiger partial charge is 0.232 e. The maximum atomic E-state index is 11.2. The molecule has 11 heavy (non-hydrogen) atoms. The number of nitrogens with zero attached hydrogens (tertiary/aromatic N) is 1. The van der Waals surface area contributed by atoms with Gasteiger partial charge in [0.05, 0.1) is 4.91 Å². The van der Waals surface area contributed by atoms with Gasteiger partial charge in [0.15, 0.2) is 0 Å². The fourth-order valence-corrected chi connectivity index (χ4v) is 2.23. The Morgan fingerprint density at radius 1 is 1.64 bits per heavy atom. The Morgan fingerprint density at radius 2 is 2.27 bits per heavy atom. The molecule has 62 valence electrons. The molecule has 0 bridgehead atoms. The van der Waals surface area contributed by atoms with Crippen molar-refractivity contribution in [1.82, 2.24) is 0 Å². The molecule has 0 fully saturated rings. The molecule has 0 amide bonds. The summed E-state index contributed by atoms with van der Waals surface area (Å²) in [6.45, 7) is 1.91. The van der Waals surface area contributed by atoms with E-state index in [2.05, 4.69) is 4.99 Å². The summed E-state index contributed by atoms with van der Waals surface area (Å²) in [4.78, 5) is 3.85. The van der Waals surface area contributed by atoms with E-state index in [0.717, 1.165) is 6.42 Å². The molecular weight excluding hydrogens is 186 g/mol. The average Bonchev–Trinajstić information content (AvgIpc) is 2.16. The van der Waals surface area contributed by atoms with E-state index in [1.807, 2.05) is 6.92 Å². The standard InChI is InChI=1S/C6H8ClNO2S/c1-2-3-5-4-8-6(7)11(5,9)10/h4H,2-3H2,1H3. The van der Waals surface area contributed by atoms with Gasteiger partial charge < -0.3 is 0 Å². The predicted octanol–water partition coefficient (Wildman–Crippen LogP) is 1.65. The molecule has 0 aromatic rings. The minimum Gasteiger partial charge on any atom is -0.232 e. The van der Waals surface area contributed by atoms with Crippen LogP contribution in [0, 0.1) is 0 Å². The fraction of sp³-hybridized carbons (Fsp3) is 0.500. The monoisotopic (exact) mass is 193 g/mol. The van der Waals surface area contributed by atoms with Gasteiger partial charge in [-0.05, 0) is 18.0 Å². The number of hydrogen-bond donors (Lipinski definition) is 0. The van der Waals surface area contributed by atoms with Gasteiger partial charge >= 0.3 is 0 Å². The first-order valence-electron chi connectivity index (χ1n) is 3.26. The third kappa shape index (κ3) is 1.46. The average molecular weight is 194 g/mol. The second-order valence-electron chi connectivity index (χ2n) is 2.23. The Morgan fingerprint density at radius 3 is 2.64 bits per heavy atom. The molecule has 0 radical (unpaired) electrons. The lowest BCUT2D eigenvalue weighted by Crippen LogP contribution is -2.06. The Kier molecular flexibility index (Phi) is 2.34. The number of hydrogen-bond acceptors (Lipinski definition) is 3. The molecular formula is C6H8ClNO2S. The molecule has 0 spiro atoms. The minimum atomic E-state index is -3.35. The molecule has 5 heteroatoms. The summed E-state index contributed by atoms with van der Waals surface area (Å²) >= 11 is 5.34. The van der Waals surface area contributed by atoms with Crippen LogP contribution in [-0.4, -0.2) is 12.9 Å². The highest BCUT2D eigenvalue weighted by Crippen LogP contribution is 2.22. The van der Waals surface area contributed by atoms with E-state index in [9.17, 15) is 8.42 Å². The van der Waals surface area contributed by atoms with E-state index in [1.54, 1.807) is 0 Å². The molecule has 0 atom stereocenters. The van der Waals surface area contributed by atoms with Gasteiger partial charge in [-0.25, -0.2) is 13.4 Å². The summed E-state index contributed by atoms with van der Waals surface area (Å²) in [5, 5.41) is 0. The summed E-state index contributed by atoms with van der Waals surface area (Å²) in [6.07, 6.45) is 2.62. The molecule has 1 aliphatic heterocycles. The van der Waals surface area contributed by atoms with Crippen molar-refractivity contribution < 1.29 is 8.42 Å². The molecule has 0 aromatic heterocycles. The van der Waals surface area contributed by atoms with Crippen molar-refractivity contribution in [3.8, 4) is 0 Å². The molecule has 0 N–H and O–H groups in total. The number of sulfone groups is 1. The first-order valence-corrected chi connectivity index (χ1v) is 5.12. The van der Waals surface area contributed by atoms with E-state index in [0.29, 0.717) is 11.3 Å². The van der Waals surface area contributed by atoms with Crippen LogP contribution in [0.3, 0.4) is 0 Å². The van der Waals surface area contributed by atoms with Crippen molar-refractivity contribution in [3.63, 3.8) is 0 Å². The van der Waals surface area contributed by atoms with E-state index in [4.69, 9.17) is 11.6 Å². The molecule has 1 aliphatic rings. The van der Waals surface area contributed by atoms with Crippen LogP contribution in [0.5, 0.6) is 0 Å². The zero-order valence-electron chi connectivity index (χ0n) is 6.04. The highest BCUT2D eigenvalue weighted by atomic mass is 35.5. The van der Waals surface area contributed by atoms with Gasteiger partial charge in [-0.15, -0.1) is 0 Å². The SMILES string of the molecule is CCCC1=CN=C(Cl)S1(=O)=O. The molecule has 0 aliphatic carbocycles. The van der Waals surface area contributed by atoms with Crippen LogP contribution < -0.4 is 0 Å². The predicted molar refractivity (Wildman–Crippen MR) is 45.2 cm³/mol. The second-order valence-corrected chi connectivity index (χ2v) is 4.73. The van der Waals surface area contributed by atoms with Gasteiger partial charge in [0.1, 0.15) is 0 Å². The topological polar surface area (TPSA) is 46.5 Å². The van der Waals surface area contributed by atoms with Gasteiger partial charge in [-0.3, -0.25) is 0 Å². The summed E-state index contributed by atoms with van der Waals surface area (Å²) in [6, 6.07) is 0. The lowest BCUT2D eigenvalue weighted by molar-refractivity contribution is 0.611. The zero-order chi connectivity index (χ0) is 8.48. The molecule has 0 unspecified atom stereocenters. The fourth-order valence-electron chi connectivity index (χ4n) is 0.815. The van der Waals surface area contributed by atoms with Gasteiger partial charge in [0.25, 0.3) is 0 Å². The van der Waals surface area contributed by atoms with Crippen LogP contribution in [0.25, 0.3) is 0 Å². The van der Waals surface area contributed by atoms with Crippen LogP contribution in [0.4, 0.5) is 0 Å². The minimum absolute atomic E-state index is 0.305. The van der Waals surface area contributed by atoms with Crippen LogP contribution in [0.15, 0.2) is 16.1 Å². The summed E-state index contributed by atoms with van der Waals surface area (Å²) in [7, 11) is -3.35. The highest BCUT2D eigenvalue weighted by Gasteiger charge is 2.26. The molecule has 0 saturated heterocycles. The quantitative estimate of drug-likeness (QED) is 0.670. The molecule has 1 heterocycles. The molecule has 0 saturated carbocycles. The van der Waals surface area contributed by atoms with Gasteiger partial charge in [-0.1, -0.05) is 13.3 Å². The maximum Gasteiger partial charge on any atom is 0.232 e. The Bertz CT molecular complexity index is 315. The smallest absolute Gasteiger partial charge is 0.232 e. The normalized spacial score (nSPS) is 21.3. The summed E-state index contributed by atoms with van der Waals surface area (Å²) in [5.41, 5.74) is 0. The van der Waals surface area contributed by atoms with E-state index in [1.165, 1.54) is 6.20 Å². The van der Waals surface area contributed by atoms with E-state index >= 15 is 0 Å². The highest BCUT2D eigenvalue weighted by molar-refractivity contribution is 8.12. The van der Waals surface area contributed by atoms with Crippen molar-refractivity contribution >= 4 is 25.9 Å². The molecule has 0 aromatic carbocycles. The van der Waals surface area contributed by atoms with Gasteiger partial charge in [0.2, 0.25) is 14.3 Å². The number of allylic oxidation sites excluding steroid dienone is 1. The Balaban J connectivity index is 2.93.